The normalized spacial score (nSPS) is 4.41. The van der Waals surface area contributed by atoms with Crippen molar-refractivity contribution in [2.75, 3.05) is 0 Å². The number of aliphatic carboxylic acids is 3. The third-order valence-electron chi connectivity index (χ3n) is 0. The van der Waals surface area contributed by atoms with Crippen LogP contribution in [0.2, 0.25) is 0 Å². The standard InChI is InChI=1S/3C2H4O2.3Na.2H2O/c3*1-2(3)4;;;;;/h3*1H3,(H,3,4);;;;2*1H2/q;;;3*+1;;/p-3. The fraction of sp³-hybridized carbons (Fsp3) is 0.500. The monoisotopic (exact) mass is 282 g/mol. The van der Waals surface area contributed by atoms with E-state index in [9.17, 15) is 0 Å². The molecule has 0 aliphatic heterocycles. The Morgan fingerprint density at radius 3 is 0.588 bits per heavy atom. The Hall–Kier alpha value is 1.33. The molecule has 0 aromatic rings. The second kappa shape index (κ2) is 43.3. The van der Waals surface area contributed by atoms with Gasteiger partial charge in [-0.3, -0.25) is 0 Å². The van der Waals surface area contributed by atoms with Crippen LogP contribution in [0.4, 0.5) is 0 Å². The first kappa shape index (κ1) is 51.6. The summed E-state index contributed by atoms with van der Waals surface area (Å²) in [5.74, 6) is -3.25. The van der Waals surface area contributed by atoms with E-state index in [1.54, 1.807) is 0 Å². The van der Waals surface area contributed by atoms with Crippen LogP contribution in [0.3, 0.4) is 0 Å². The minimum Gasteiger partial charge on any atom is -0.550 e. The molecule has 0 heterocycles. The zero-order chi connectivity index (χ0) is 10.7. The SMILES string of the molecule is CC(=O)[O-].CC(=O)[O-].CC(=O)[O-].O.O.[Na+].[Na+].[Na+]. The molecule has 0 rings (SSSR count). The topological polar surface area (TPSA) is 183 Å². The Bertz CT molecular complexity index is 123. The van der Waals surface area contributed by atoms with Crippen molar-refractivity contribution < 1.29 is 129 Å². The Labute approximate surface area is 166 Å². The first-order valence-corrected chi connectivity index (χ1v) is 2.72. The van der Waals surface area contributed by atoms with E-state index >= 15 is 0 Å². The molecule has 0 unspecified atom stereocenters. The third kappa shape index (κ3) is 2300. The van der Waals surface area contributed by atoms with E-state index < -0.39 is 17.9 Å². The molecule has 0 aromatic carbocycles. The molecule has 0 aliphatic rings. The van der Waals surface area contributed by atoms with Gasteiger partial charge in [0.05, 0.1) is 0 Å². The van der Waals surface area contributed by atoms with Gasteiger partial charge in [-0.1, -0.05) is 0 Å². The van der Waals surface area contributed by atoms with Crippen molar-refractivity contribution in [1.29, 1.82) is 0 Å². The van der Waals surface area contributed by atoms with E-state index in [2.05, 4.69) is 0 Å². The molecule has 0 spiro atoms. The quantitative estimate of drug-likeness (QED) is 0.397. The molecule has 0 aromatic heterocycles. The molecule has 0 fully saturated rings. The van der Waals surface area contributed by atoms with Crippen LogP contribution in [0.25, 0.3) is 0 Å². The number of carbonyl (C=O) groups is 3. The summed E-state index contributed by atoms with van der Waals surface area (Å²) in [7, 11) is 0. The molecule has 0 saturated carbocycles. The minimum atomic E-state index is -1.08. The van der Waals surface area contributed by atoms with Gasteiger partial charge in [0.15, 0.2) is 0 Å². The molecule has 0 bridgehead atoms. The van der Waals surface area contributed by atoms with Crippen molar-refractivity contribution in [3.63, 3.8) is 0 Å². The van der Waals surface area contributed by atoms with E-state index in [0.717, 1.165) is 20.8 Å². The Balaban J connectivity index is -0.0000000104. The van der Waals surface area contributed by atoms with Gasteiger partial charge < -0.3 is 40.7 Å². The summed E-state index contributed by atoms with van der Waals surface area (Å²) in [6, 6.07) is 0. The van der Waals surface area contributed by atoms with Crippen molar-refractivity contribution in [1.82, 2.24) is 0 Å². The number of carboxylic acids is 3. The summed E-state index contributed by atoms with van der Waals surface area (Å²) in [5.41, 5.74) is 0. The Morgan fingerprint density at radius 2 is 0.588 bits per heavy atom. The van der Waals surface area contributed by atoms with Crippen LogP contribution in [-0.4, -0.2) is 28.9 Å². The van der Waals surface area contributed by atoms with Gasteiger partial charge in [-0.15, -0.1) is 0 Å². The van der Waals surface area contributed by atoms with Gasteiger partial charge in [0.1, 0.15) is 0 Å². The second-order valence-electron chi connectivity index (χ2n) is 1.47. The van der Waals surface area contributed by atoms with Crippen LogP contribution in [0, 0.1) is 0 Å². The summed E-state index contributed by atoms with van der Waals surface area (Å²) in [4.78, 5) is 26.7. The van der Waals surface area contributed by atoms with E-state index in [4.69, 9.17) is 29.7 Å². The summed E-state index contributed by atoms with van der Waals surface area (Å²) in [6.45, 7) is 2.92. The van der Waals surface area contributed by atoms with E-state index in [1.807, 2.05) is 0 Å². The molecule has 0 aliphatic carbocycles. The largest absolute Gasteiger partial charge is 1.00 e. The Morgan fingerprint density at radius 1 is 0.588 bits per heavy atom. The van der Waals surface area contributed by atoms with Crippen LogP contribution in [0.5, 0.6) is 0 Å². The van der Waals surface area contributed by atoms with E-state index in [0.29, 0.717) is 0 Å². The van der Waals surface area contributed by atoms with Gasteiger partial charge in [0, 0.05) is 17.9 Å². The number of rotatable bonds is 0. The van der Waals surface area contributed by atoms with Crippen molar-refractivity contribution in [2.24, 2.45) is 0 Å². The first-order chi connectivity index (χ1) is 5.20. The summed E-state index contributed by atoms with van der Waals surface area (Å²) in [6.07, 6.45) is 0. The summed E-state index contributed by atoms with van der Waals surface area (Å²) >= 11 is 0. The molecular weight excluding hydrogens is 269 g/mol. The fourth-order valence-electron chi connectivity index (χ4n) is 0. The van der Waals surface area contributed by atoms with Gasteiger partial charge in [-0.05, 0) is 20.8 Å². The van der Waals surface area contributed by atoms with E-state index in [-0.39, 0.29) is 99.6 Å². The molecule has 0 radical (unpaired) electrons. The van der Waals surface area contributed by atoms with Crippen LogP contribution in [0.15, 0.2) is 0 Å². The van der Waals surface area contributed by atoms with Crippen molar-refractivity contribution in [3.8, 4) is 0 Å². The maximum absolute atomic E-state index is 8.89. The average molecular weight is 282 g/mol. The third-order valence-corrected chi connectivity index (χ3v) is 0. The van der Waals surface area contributed by atoms with Crippen LogP contribution in [0.1, 0.15) is 20.8 Å². The predicted molar refractivity (Wildman–Crippen MR) is 39.3 cm³/mol. The summed E-state index contributed by atoms with van der Waals surface area (Å²) in [5, 5.41) is 26.7. The molecule has 17 heavy (non-hydrogen) atoms. The van der Waals surface area contributed by atoms with Gasteiger partial charge >= 0.3 is 88.7 Å². The zero-order valence-electron chi connectivity index (χ0n) is 10.9. The predicted octanol–water partition coefficient (Wildman–Crippen LogP) is -14.4. The minimum absolute atomic E-state index is 0. The molecule has 11 heteroatoms. The fourth-order valence-corrected chi connectivity index (χ4v) is 0. The van der Waals surface area contributed by atoms with Crippen molar-refractivity contribution in [2.45, 2.75) is 20.8 Å². The number of hydrogen-bond donors (Lipinski definition) is 0. The summed E-state index contributed by atoms with van der Waals surface area (Å²) < 4.78 is 0. The molecule has 0 saturated heterocycles. The number of carbonyl (C=O) groups excluding carboxylic acids is 3. The van der Waals surface area contributed by atoms with Gasteiger partial charge in [0.2, 0.25) is 0 Å². The maximum atomic E-state index is 8.89. The van der Waals surface area contributed by atoms with Crippen LogP contribution >= 0.6 is 0 Å². The first-order valence-electron chi connectivity index (χ1n) is 2.72. The number of hydrogen-bond acceptors (Lipinski definition) is 6. The molecule has 4 N–H and O–H groups in total. The maximum Gasteiger partial charge on any atom is 1.00 e. The van der Waals surface area contributed by atoms with Gasteiger partial charge in [0.25, 0.3) is 0 Å². The molecule has 0 atom stereocenters. The number of carboxylic acid groups (broad SMARTS) is 3. The second-order valence-corrected chi connectivity index (χ2v) is 1.47. The van der Waals surface area contributed by atoms with Crippen LogP contribution in [-0.2, 0) is 14.4 Å². The van der Waals surface area contributed by atoms with Crippen LogP contribution < -0.4 is 104 Å². The molecular formula is C6H13Na3O8. The van der Waals surface area contributed by atoms with Gasteiger partial charge in [-0.2, -0.15) is 0 Å². The molecule has 8 nitrogen and oxygen atoms in total. The van der Waals surface area contributed by atoms with E-state index in [1.165, 1.54) is 0 Å². The average Bonchev–Trinajstić information content (AvgIpc) is 1.54. The van der Waals surface area contributed by atoms with Gasteiger partial charge in [-0.25, -0.2) is 0 Å². The molecule has 0 amide bonds. The zero-order valence-corrected chi connectivity index (χ0v) is 16.9. The molecule has 88 valence electrons. The van der Waals surface area contributed by atoms with Crippen molar-refractivity contribution in [3.05, 3.63) is 0 Å². The Kier molecular flexibility index (Phi) is 131. The van der Waals surface area contributed by atoms with Crippen molar-refractivity contribution >= 4 is 17.9 Å². The smallest absolute Gasteiger partial charge is 0.550 e.